The Morgan fingerprint density at radius 1 is 0.725 bits per heavy atom. The molecule has 8 nitrogen and oxygen atoms in total. The van der Waals surface area contributed by atoms with Crippen LogP contribution in [-0.4, -0.2) is 44.1 Å². The minimum atomic E-state index is -0.330. The van der Waals surface area contributed by atoms with Crippen molar-refractivity contribution in [3.63, 3.8) is 0 Å². The molecule has 3 aromatic rings. The van der Waals surface area contributed by atoms with E-state index in [1.165, 1.54) is 0 Å². The highest BCUT2D eigenvalue weighted by molar-refractivity contribution is 9.10. The van der Waals surface area contributed by atoms with E-state index in [0.29, 0.717) is 11.4 Å². The highest BCUT2D eigenvalue weighted by Gasteiger charge is 2.42. The second-order valence-electron chi connectivity index (χ2n) is 11.2. The zero-order valence-electron chi connectivity index (χ0n) is 22.8. The maximum atomic E-state index is 12.3. The molecule has 1 aromatic heterocycles. The van der Waals surface area contributed by atoms with Crippen LogP contribution in [0.4, 0.5) is 0 Å². The predicted octanol–water partition coefficient (Wildman–Crippen LogP) is 5.32. The lowest BCUT2D eigenvalue weighted by atomic mass is 10.1. The molecule has 2 N–H and O–H groups in total. The molecule has 2 spiro atoms. The number of imidazole rings is 1. The molecule has 2 saturated carbocycles. The minimum Gasteiger partial charge on any atom is -0.326 e. The van der Waals surface area contributed by atoms with Gasteiger partial charge in [-0.15, -0.1) is 0 Å². The number of aromatic nitrogens is 2. The number of hydrogen-bond acceptors (Lipinski definition) is 5. The molecule has 2 aliphatic carbocycles. The van der Waals surface area contributed by atoms with Crippen molar-refractivity contribution in [2.45, 2.75) is 76.5 Å². The number of halogens is 1. The van der Waals surface area contributed by atoms with Crippen LogP contribution in [0.2, 0.25) is 0 Å². The molecule has 40 heavy (non-hydrogen) atoms. The van der Waals surface area contributed by atoms with Crippen LogP contribution in [0, 0.1) is 13.8 Å². The number of amides is 2. The zero-order chi connectivity index (χ0) is 27.9. The summed E-state index contributed by atoms with van der Waals surface area (Å²) in [4.78, 5) is 38.1. The Kier molecular flexibility index (Phi) is 6.94. The molecule has 0 unspecified atom stereocenters. The summed E-state index contributed by atoms with van der Waals surface area (Å²) >= 11 is 3.39. The molecule has 3 heterocycles. The Morgan fingerprint density at radius 2 is 1.18 bits per heavy atom. The van der Waals surface area contributed by atoms with Gasteiger partial charge in [-0.1, -0.05) is 40.2 Å². The van der Waals surface area contributed by atoms with Crippen molar-refractivity contribution in [2.75, 3.05) is 0 Å². The van der Waals surface area contributed by atoms with Crippen LogP contribution in [0.1, 0.15) is 74.0 Å². The molecule has 4 aliphatic rings. The highest BCUT2D eigenvalue weighted by atomic mass is 79.9. The first-order valence-electron chi connectivity index (χ1n) is 14.0. The van der Waals surface area contributed by atoms with Crippen LogP contribution in [0.3, 0.4) is 0 Å². The Labute approximate surface area is 242 Å². The third kappa shape index (κ3) is 5.14. The summed E-state index contributed by atoms with van der Waals surface area (Å²) in [6, 6.07) is 15.7. The number of nitrogens with one attached hydrogen (secondary N) is 2. The van der Waals surface area contributed by atoms with Gasteiger partial charge in [0.15, 0.2) is 0 Å². The van der Waals surface area contributed by atoms with Gasteiger partial charge in [0.1, 0.15) is 28.6 Å². The molecule has 7 rings (SSSR count). The number of benzene rings is 2. The van der Waals surface area contributed by atoms with Crippen LogP contribution >= 0.6 is 15.9 Å². The second kappa shape index (κ2) is 10.4. The van der Waals surface area contributed by atoms with E-state index in [1.807, 2.05) is 73.1 Å². The van der Waals surface area contributed by atoms with Crippen molar-refractivity contribution in [1.82, 2.24) is 20.2 Å². The van der Waals surface area contributed by atoms with Gasteiger partial charge in [-0.05, 0) is 89.5 Å². The number of aliphatic imine (C=N–C) groups is 2. The summed E-state index contributed by atoms with van der Waals surface area (Å²) in [6.45, 7) is 3.97. The van der Waals surface area contributed by atoms with Gasteiger partial charge in [0, 0.05) is 27.5 Å². The number of rotatable bonds is 3. The van der Waals surface area contributed by atoms with E-state index in [2.05, 4.69) is 36.5 Å². The smallest absolute Gasteiger partial charge is 0.272 e. The lowest BCUT2D eigenvalue weighted by Crippen LogP contribution is -2.39. The van der Waals surface area contributed by atoms with Crippen molar-refractivity contribution in [1.29, 1.82) is 0 Å². The Hall–Kier alpha value is -3.59. The third-order valence-corrected chi connectivity index (χ3v) is 8.70. The third-order valence-electron chi connectivity index (χ3n) is 8.17. The SMILES string of the molecule is Cc1cn(-c2ccc(C3=NC4(CCCC4)NC3=O)cc2)c(C)n1.O=C1NC2(CCCC2)N=C1c1ccc(Br)cc1. The van der Waals surface area contributed by atoms with Gasteiger partial charge < -0.3 is 15.2 Å². The molecule has 0 saturated heterocycles. The van der Waals surface area contributed by atoms with Crippen molar-refractivity contribution in [3.05, 3.63) is 81.8 Å². The summed E-state index contributed by atoms with van der Waals surface area (Å²) in [5, 5.41) is 6.12. The molecule has 2 aliphatic heterocycles. The number of carbonyl (C=O) groups is 2. The van der Waals surface area contributed by atoms with E-state index in [-0.39, 0.29) is 23.1 Å². The van der Waals surface area contributed by atoms with Gasteiger partial charge in [0.2, 0.25) is 0 Å². The van der Waals surface area contributed by atoms with E-state index in [1.54, 1.807) is 0 Å². The fraction of sp³-hybridized carbons (Fsp3) is 0.387. The first-order valence-corrected chi connectivity index (χ1v) is 14.8. The normalized spacial score (nSPS) is 20.3. The average molecular weight is 602 g/mol. The standard InChI is InChI=1S/C18H20N4O.C13H13BrN2O/c1-12-11-22(13(2)19-12)15-7-5-14(6-8-15)16-17(23)21-18(20-16)9-3-4-10-18;14-10-5-3-9(4-6-10)11-12(17)16-13(15-11)7-1-2-8-13/h5-8,11H,3-4,9-10H2,1-2H3,(H,21,23);3-6H,1-2,7-8H2,(H,16,17). The van der Waals surface area contributed by atoms with Crippen molar-refractivity contribution in [3.8, 4) is 5.69 Å². The molecule has 2 amide bonds. The predicted molar refractivity (Wildman–Crippen MR) is 159 cm³/mol. The van der Waals surface area contributed by atoms with Crippen LogP contribution in [0.25, 0.3) is 5.69 Å². The van der Waals surface area contributed by atoms with E-state index in [4.69, 9.17) is 4.99 Å². The lowest BCUT2D eigenvalue weighted by molar-refractivity contribution is -0.116. The summed E-state index contributed by atoms with van der Waals surface area (Å²) in [5.74, 6) is 0.875. The highest BCUT2D eigenvalue weighted by Crippen LogP contribution is 2.35. The van der Waals surface area contributed by atoms with Gasteiger partial charge in [0.25, 0.3) is 11.8 Å². The number of aryl methyl sites for hydroxylation is 2. The number of nitrogens with zero attached hydrogens (tertiary/aromatic N) is 4. The topological polar surface area (TPSA) is 101 Å². The lowest BCUT2D eigenvalue weighted by Gasteiger charge is -2.18. The Morgan fingerprint density at radius 3 is 1.60 bits per heavy atom. The average Bonchev–Trinajstić information content (AvgIpc) is 3.76. The molecule has 0 bridgehead atoms. The van der Waals surface area contributed by atoms with Crippen LogP contribution in [-0.2, 0) is 9.59 Å². The number of hydrogen-bond donors (Lipinski definition) is 2. The van der Waals surface area contributed by atoms with Crippen molar-refractivity contribution in [2.24, 2.45) is 9.98 Å². The largest absolute Gasteiger partial charge is 0.326 e. The van der Waals surface area contributed by atoms with Gasteiger partial charge in [0.05, 0.1) is 5.69 Å². The van der Waals surface area contributed by atoms with E-state index in [0.717, 1.165) is 84.2 Å². The zero-order valence-corrected chi connectivity index (χ0v) is 24.4. The fourth-order valence-corrected chi connectivity index (χ4v) is 6.44. The summed E-state index contributed by atoms with van der Waals surface area (Å²) in [6.07, 6.45) is 10.4. The van der Waals surface area contributed by atoms with Crippen LogP contribution < -0.4 is 10.6 Å². The fourth-order valence-electron chi connectivity index (χ4n) is 6.18. The minimum absolute atomic E-state index is 0.0331. The van der Waals surface area contributed by atoms with Crippen LogP contribution in [0.5, 0.6) is 0 Å². The van der Waals surface area contributed by atoms with Gasteiger partial charge >= 0.3 is 0 Å². The second-order valence-corrected chi connectivity index (χ2v) is 12.1. The molecule has 206 valence electrons. The number of carbonyl (C=O) groups excluding carboxylic acids is 2. The Bertz CT molecular complexity index is 1510. The monoisotopic (exact) mass is 600 g/mol. The van der Waals surface area contributed by atoms with Gasteiger partial charge in [-0.3, -0.25) is 19.6 Å². The summed E-state index contributed by atoms with van der Waals surface area (Å²) < 4.78 is 3.06. The van der Waals surface area contributed by atoms with Crippen LogP contribution in [0.15, 0.2) is 69.2 Å². The van der Waals surface area contributed by atoms with Crippen molar-refractivity contribution < 1.29 is 9.59 Å². The summed E-state index contributed by atoms with van der Waals surface area (Å²) in [5.41, 5.74) is 4.34. The molecule has 0 radical (unpaired) electrons. The van der Waals surface area contributed by atoms with E-state index < -0.39 is 0 Å². The maximum absolute atomic E-state index is 12.3. The molecule has 9 heteroatoms. The quantitative estimate of drug-likeness (QED) is 0.425. The Balaban J connectivity index is 0.000000151. The molecule has 0 atom stereocenters. The molecule has 2 fully saturated rings. The van der Waals surface area contributed by atoms with E-state index in [9.17, 15) is 9.59 Å². The van der Waals surface area contributed by atoms with E-state index >= 15 is 0 Å². The first-order chi connectivity index (χ1) is 19.2. The first kappa shape index (κ1) is 26.6. The molecular weight excluding hydrogens is 568 g/mol. The van der Waals surface area contributed by atoms with Gasteiger partial charge in [-0.2, -0.15) is 0 Å². The molecule has 2 aromatic carbocycles. The maximum Gasteiger partial charge on any atom is 0.272 e. The summed E-state index contributed by atoms with van der Waals surface area (Å²) in [7, 11) is 0. The molecular formula is C31H33BrN6O2. The van der Waals surface area contributed by atoms with Crippen molar-refractivity contribution >= 4 is 39.2 Å². The van der Waals surface area contributed by atoms with Gasteiger partial charge in [-0.25, -0.2) is 4.98 Å².